The van der Waals surface area contributed by atoms with E-state index in [0.29, 0.717) is 23.8 Å². The molecule has 3 aromatic carbocycles. The number of ether oxygens (including phenoxy) is 2. The summed E-state index contributed by atoms with van der Waals surface area (Å²) in [7, 11) is -4.32. The van der Waals surface area contributed by atoms with E-state index in [2.05, 4.69) is 15.5 Å². The highest BCUT2D eigenvalue weighted by molar-refractivity contribution is 7.91. The Bertz CT molecular complexity index is 1940. The van der Waals surface area contributed by atoms with Gasteiger partial charge in [0, 0.05) is 5.02 Å². The SMILES string of the molecule is CC(C)(C)OC(=O)N[C@H]1CS(=O)(=O)c2cc(F)c(-c3nnc(C4(COCc5ccccc5)CC4)o3)cc2N(Cc2ccc(Cl)cc2)C1=O. The van der Waals surface area contributed by atoms with Gasteiger partial charge in [0.15, 0.2) is 9.84 Å². The molecule has 0 bridgehead atoms. The molecule has 1 saturated carbocycles. The van der Waals surface area contributed by atoms with Crippen LogP contribution in [-0.4, -0.2) is 54.6 Å². The molecule has 1 atom stereocenters. The average molecular weight is 697 g/mol. The first-order chi connectivity index (χ1) is 22.7. The van der Waals surface area contributed by atoms with Gasteiger partial charge in [-0.15, -0.1) is 10.2 Å². The van der Waals surface area contributed by atoms with Crippen molar-refractivity contribution in [3.63, 3.8) is 0 Å². The van der Waals surface area contributed by atoms with Crippen LogP contribution in [0.1, 0.15) is 50.6 Å². The van der Waals surface area contributed by atoms with Gasteiger partial charge in [-0.1, -0.05) is 54.1 Å². The summed E-state index contributed by atoms with van der Waals surface area (Å²) in [4.78, 5) is 27.5. The van der Waals surface area contributed by atoms with Gasteiger partial charge in [0.1, 0.15) is 17.5 Å². The molecule has 0 spiro atoms. The summed E-state index contributed by atoms with van der Waals surface area (Å²) >= 11 is 6.07. The lowest BCUT2D eigenvalue weighted by Crippen LogP contribution is -2.51. The summed E-state index contributed by atoms with van der Waals surface area (Å²) in [5.74, 6) is -2.39. The van der Waals surface area contributed by atoms with Gasteiger partial charge in [0.2, 0.25) is 5.89 Å². The molecule has 1 aromatic heterocycles. The summed E-state index contributed by atoms with van der Waals surface area (Å²) in [6.07, 6.45) is 0.508. The number of hydrogen-bond donors (Lipinski definition) is 1. The number of sulfone groups is 1. The van der Waals surface area contributed by atoms with Crippen LogP contribution >= 0.6 is 11.6 Å². The number of nitrogens with one attached hydrogen (secondary N) is 1. The van der Waals surface area contributed by atoms with Gasteiger partial charge in [-0.05, 0) is 69.0 Å². The maximum Gasteiger partial charge on any atom is 0.408 e. The number of benzene rings is 3. The van der Waals surface area contributed by atoms with Crippen LogP contribution < -0.4 is 10.2 Å². The van der Waals surface area contributed by atoms with E-state index in [1.54, 1.807) is 45.0 Å². The Hall–Kier alpha value is -4.33. The van der Waals surface area contributed by atoms with Gasteiger partial charge in [-0.2, -0.15) is 0 Å². The first-order valence-corrected chi connectivity index (χ1v) is 17.3. The second-order valence-corrected chi connectivity index (χ2v) is 15.4. The van der Waals surface area contributed by atoms with Crippen LogP contribution in [0.5, 0.6) is 0 Å². The van der Waals surface area contributed by atoms with Crippen molar-refractivity contribution < 1.29 is 36.3 Å². The number of fused-ring (bicyclic) bond motifs is 1. The third kappa shape index (κ3) is 7.38. The number of halogens is 2. The Morgan fingerprint density at radius 1 is 1.08 bits per heavy atom. The number of amides is 2. The van der Waals surface area contributed by atoms with Crippen LogP contribution in [0.15, 0.2) is 76.0 Å². The third-order valence-corrected chi connectivity index (χ3v) is 10.0. The van der Waals surface area contributed by atoms with Gasteiger partial charge in [0.25, 0.3) is 11.8 Å². The van der Waals surface area contributed by atoms with Crippen LogP contribution in [0, 0.1) is 5.82 Å². The Kier molecular flexibility index (Phi) is 9.05. The molecule has 1 fully saturated rings. The van der Waals surface area contributed by atoms with Gasteiger partial charge >= 0.3 is 6.09 Å². The molecule has 2 aliphatic rings. The van der Waals surface area contributed by atoms with Gasteiger partial charge in [-0.25, -0.2) is 17.6 Å². The first-order valence-electron chi connectivity index (χ1n) is 15.3. The Balaban J connectivity index is 1.34. The lowest BCUT2D eigenvalue weighted by Gasteiger charge is -2.27. The molecule has 0 radical (unpaired) electrons. The smallest absolute Gasteiger partial charge is 0.408 e. The lowest BCUT2D eigenvalue weighted by molar-refractivity contribution is -0.120. The van der Waals surface area contributed by atoms with Crippen molar-refractivity contribution in [2.45, 2.75) is 68.7 Å². The fourth-order valence-corrected chi connectivity index (χ4v) is 7.14. The fourth-order valence-electron chi connectivity index (χ4n) is 5.40. The molecule has 1 aliphatic carbocycles. The Morgan fingerprint density at radius 2 is 1.79 bits per heavy atom. The molecule has 252 valence electrons. The maximum atomic E-state index is 15.8. The van der Waals surface area contributed by atoms with Crippen molar-refractivity contribution in [2.24, 2.45) is 0 Å². The predicted octanol–water partition coefficient (Wildman–Crippen LogP) is 5.99. The van der Waals surface area contributed by atoms with Crippen LogP contribution in [-0.2, 0) is 42.7 Å². The monoisotopic (exact) mass is 696 g/mol. The topological polar surface area (TPSA) is 141 Å². The molecule has 4 aromatic rings. The lowest BCUT2D eigenvalue weighted by atomic mass is 10.1. The number of carbonyl (C=O) groups is 2. The Labute approximate surface area is 282 Å². The number of aromatic nitrogens is 2. The summed E-state index contributed by atoms with van der Waals surface area (Å²) in [5, 5.41) is 11.2. The number of carbonyl (C=O) groups excluding carboxylic acids is 2. The van der Waals surface area contributed by atoms with E-state index in [4.69, 9.17) is 25.5 Å². The molecule has 11 nitrogen and oxygen atoms in total. The molecule has 1 N–H and O–H groups in total. The van der Waals surface area contributed by atoms with E-state index < -0.39 is 55.4 Å². The molecular weight excluding hydrogens is 663 g/mol. The van der Waals surface area contributed by atoms with Gasteiger partial charge in [-0.3, -0.25) is 4.79 Å². The molecule has 2 heterocycles. The molecule has 0 saturated heterocycles. The molecule has 48 heavy (non-hydrogen) atoms. The molecule has 0 unspecified atom stereocenters. The highest BCUT2D eigenvalue weighted by Crippen LogP contribution is 2.48. The average Bonchev–Trinajstić information content (AvgIpc) is 3.65. The minimum atomic E-state index is -4.32. The van der Waals surface area contributed by atoms with Crippen molar-refractivity contribution in [2.75, 3.05) is 17.3 Å². The number of nitrogens with zero attached hydrogens (tertiary/aromatic N) is 3. The van der Waals surface area contributed by atoms with E-state index in [9.17, 15) is 18.0 Å². The summed E-state index contributed by atoms with van der Waals surface area (Å²) in [5.41, 5.74) is -0.0867. The van der Waals surface area contributed by atoms with Crippen molar-refractivity contribution in [1.82, 2.24) is 15.5 Å². The predicted molar refractivity (Wildman–Crippen MR) is 175 cm³/mol. The van der Waals surface area contributed by atoms with Crippen LogP contribution in [0.2, 0.25) is 5.02 Å². The number of hydrogen-bond acceptors (Lipinski definition) is 9. The summed E-state index contributed by atoms with van der Waals surface area (Å²) in [6.45, 7) is 5.51. The molecule has 14 heteroatoms. The van der Waals surface area contributed by atoms with E-state index in [1.165, 1.54) is 11.0 Å². The highest BCUT2D eigenvalue weighted by atomic mass is 35.5. The number of alkyl carbamates (subject to hydrolysis) is 1. The molecule has 6 rings (SSSR count). The zero-order valence-corrected chi connectivity index (χ0v) is 28.1. The van der Waals surface area contributed by atoms with Crippen LogP contribution in [0.25, 0.3) is 11.5 Å². The van der Waals surface area contributed by atoms with E-state index in [0.717, 1.165) is 24.5 Å². The standard InChI is InChI=1S/C34H34ClFN4O7S/c1-33(2,3)47-32(42)37-26-19-48(43,44)28-16-25(36)24(15-27(28)40(30(26)41)17-21-9-11-23(35)12-10-21)29-38-39-31(46-29)34(13-14-34)20-45-18-22-7-5-4-6-8-22/h4-12,15-16,26H,13-14,17-20H2,1-3H3,(H,37,42)/t26-/m0/s1. The number of rotatable bonds is 9. The summed E-state index contributed by atoms with van der Waals surface area (Å²) in [6, 6.07) is 16.8. The highest BCUT2D eigenvalue weighted by Gasteiger charge is 2.50. The van der Waals surface area contributed by atoms with Crippen LogP contribution in [0.4, 0.5) is 14.9 Å². The number of anilines is 1. The normalized spacial score (nSPS) is 18.1. The largest absolute Gasteiger partial charge is 0.444 e. The molecule has 1 aliphatic heterocycles. The van der Waals surface area contributed by atoms with Gasteiger partial charge in [0.05, 0.1) is 47.1 Å². The van der Waals surface area contributed by atoms with E-state index in [-0.39, 0.29) is 29.6 Å². The van der Waals surface area contributed by atoms with Crippen molar-refractivity contribution in [3.8, 4) is 11.5 Å². The minimum Gasteiger partial charge on any atom is -0.444 e. The zero-order chi connectivity index (χ0) is 34.3. The minimum absolute atomic E-state index is 0.105. The van der Waals surface area contributed by atoms with Crippen molar-refractivity contribution in [3.05, 3.63) is 94.6 Å². The van der Waals surface area contributed by atoms with Gasteiger partial charge < -0.3 is 24.1 Å². The van der Waals surface area contributed by atoms with Crippen molar-refractivity contribution >= 4 is 39.1 Å². The second-order valence-electron chi connectivity index (χ2n) is 13.0. The molecular formula is C34H34ClFN4O7S. The van der Waals surface area contributed by atoms with Crippen LogP contribution in [0.3, 0.4) is 0 Å². The molecule has 2 amide bonds. The first kappa shape index (κ1) is 33.6. The maximum absolute atomic E-state index is 15.8. The quantitative estimate of drug-likeness (QED) is 0.223. The van der Waals surface area contributed by atoms with E-state index >= 15 is 4.39 Å². The zero-order valence-electron chi connectivity index (χ0n) is 26.5. The fraction of sp³-hybridized carbons (Fsp3) is 0.353. The van der Waals surface area contributed by atoms with E-state index in [1.807, 2.05) is 30.3 Å². The second kappa shape index (κ2) is 12.9. The summed E-state index contributed by atoms with van der Waals surface area (Å²) < 4.78 is 60.4. The third-order valence-electron chi connectivity index (χ3n) is 8.02. The Morgan fingerprint density at radius 3 is 2.46 bits per heavy atom. The van der Waals surface area contributed by atoms with Crippen molar-refractivity contribution in [1.29, 1.82) is 0 Å².